The van der Waals surface area contributed by atoms with Crippen LogP contribution in [-0.4, -0.2) is 36.3 Å². The number of hydrogen-bond acceptors (Lipinski definition) is 3. The summed E-state index contributed by atoms with van der Waals surface area (Å²) in [5, 5.41) is 3.00. The van der Waals surface area contributed by atoms with Crippen LogP contribution in [0.1, 0.15) is 31.3 Å². The van der Waals surface area contributed by atoms with Crippen molar-refractivity contribution in [3.05, 3.63) is 41.7 Å². The number of nitrogens with one attached hydrogen (secondary N) is 1. The summed E-state index contributed by atoms with van der Waals surface area (Å²) in [6.07, 6.45) is 0. The van der Waals surface area contributed by atoms with Gasteiger partial charge in [0.15, 0.2) is 0 Å². The van der Waals surface area contributed by atoms with Crippen molar-refractivity contribution in [1.29, 1.82) is 0 Å². The molecule has 0 saturated heterocycles. The molecule has 2 amide bonds. The molecular formula is C20H27N3O3. The molecule has 0 unspecified atom stereocenters. The third kappa shape index (κ3) is 3.23. The maximum Gasteiger partial charge on any atom is 0.322 e. The first-order chi connectivity index (χ1) is 12.5. The zero-order valence-corrected chi connectivity index (χ0v) is 16.1. The van der Waals surface area contributed by atoms with Crippen molar-refractivity contribution in [3.8, 4) is 11.5 Å². The first-order valence-electron chi connectivity index (χ1n) is 8.92. The molecule has 26 heavy (non-hydrogen) atoms. The van der Waals surface area contributed by atoms with Gasteiger partial charge in [0.25, 0.3) is 0 Å². The first kappa shape index (κ1) is 18.2. The van der Waals surface area contributed by atoms with Crippen LogP contribution in [0.25, 0.3) is 0 Å². The number of hydrogen-bond donors (Lipinski definition) is 1. The van der Waals surface area contributed by atoms with Gasteiger partial charge in [-0.25, -0.2) is 4.79 Å². The summed E-state index contributed by atoms with van der Waals surface area (Å²) in [6, 6.07) is 9.54. The van der Waals surface area contributed by atoms with E-state index in [9.17, 15) is 4.79 Å². The fraction of sp³-hybridized carbons (Fsp3) is 0.450. The number of carbonyl (C=O) groups excluding carboxylic acids is 1. The predicted octanol–water partition coefficient (Wildman–Crippen LogP) is 4.06. The van der Waals surface area contributed by atoms with Gasteiger partial charge in [0, 0.05) is 30.5 Å². The summed E-state index contributed by atoms with van der Waals surface area (Å²) in [7, 11) is 3.19. The van der Waals surface area contributed by atoms with Gasteiger partial charge in [-0.1, -0.05) is 13.8 Å². The highest BCUT2D eigenvalue weighted by Crippen LogP contribution is 2.35. The largest absolute Gasteiger partial charge is 0.497 e. The zero-order chi connectivity index (χ0) is 18.8. The van der Waals surface area contributed by atoms with Crippen LogP contribution in [0.5, 0.6) is 11.5 Å². The number of anilines is 1. The molecule has 2 aromatic rings. The highest BCUT2D eigenvalue weighted by atomic mass is 16.5. The van der Waals surface area contributed by atoms with Crippen LogP contribution in [-0.2, 0) is 6.54 Å². The Morgan fingerprint density at radius 3 is 2.58 bits per heavy atom. The van der Waals surface area contributed by atoms with Crippen molar-refractivity contribution in [2.24, 2.45) is 5.92 Å². The zero-order valence-electron chi connectivity index (χ0n) is 16.1. The van der Waals surface area contributed by atoms with E-state index in [0.717, 1.165) is 6.54 Å². The van der Waals surface area contributed by atoms with Gasteiger partial charge in [0.1, 0.15) is 11.5 Å². The third-order valence-corrected chi connectivity index (χ3v) is 4.98. The maximum absolute atomic E-state index is 13.1. The number of rotatable bonds is 4. The summed E-state index contributed by atoms with van der Waals surface area (Å²) in [5.41, 5.74) is 3.04. The monoisotopic (exact) mass is 357 g/mol. The molecule has 140 valence electrons. The number of aromatic nitrogens is 1. The Kier molecular flexibility index (Phi) is 5.11. The smallest absolute Gasteiger partial charge is 0.322 e. The molecule has 1 aromatic carbocycles. The average molecular weight is 357 g/mol. The second-order valence-electron chi connectivity index (χ2n) is 6.93. The molecule has 0 saturated carbocycles. The number of carbonyl (C=O) groups is 1. The van der Waals surface area contributed by atoms with Gasteiger partial charge in [-0.15, -0.1) is 0 Å². The number of aryl methyl sites for hydroxylation is 1. The van der Waals surface area contributed by atoms with E-state index in [4.69, 9.17) is 9.47 Å². The average Bonchev–Trinajstić information content (AvgIpc) is 3.01. The van der Waals surface area contributed by atoms with E-state index in [0.29, 0.717) is 29.6 Å². The summed E-state index contributed by atoms with van der Waals surface area (Å²) in [6.45, 7) is 7.88. The summed E-state index contributed by atoms with van der Waals surface area (Å²) < 4.78 is 12.9. The summed E-state index contributed by atoms with van der Waals surface area (Å²) in [4.78, 5) is 15.0. The Hall–Kier alpha value is -2.63. The van der Waals surface area contributed by atoms with E-state index in [1.165, 1.54) is 11.4 Å². The second-order valence-corrected chi connectivity index (χ2v) is 6.93. The molecule has 0 bridgehead atoms. The molecule has 1 aliphatic rings. The molecule has 0 spiro atoms. The lowest BCUT2D eigenvalue weighted by Gasteiger charge is -2.39. The lowest BCUT2D eigenvalue weighted by atomic mass is 9.97. The fourth-order valence-electron chi connectivity index (χ4n) is 3.69. The quantitative estimate of drug-likeness (QED) is 0.898. The van der Waals surface area contributed by atoms with Gasteiger partial charge < -0.3 is 24.3 Å². The molecule has 2 heterocycles. The van der Waals surface area contributed by atoms with Crippen LogP contribution in [0.15, 0.2) is 30.3 Å². The third-order valence-electron chi connectivity index (χ3n) is 4.98. The maximum atomic E-state index is 13.1. The van der Waals surface area contributed by atoms with Crippen molar-refractivity contribution >= 4 is 11.7 Å². The Morgan fingerprint density at radius 2 is 1.92 bits per heavy atom. The molecule has 0 aliphatic carbocycles. The molecule has 6 heteroatoms. The van der Waals surface area contributed by atoms with Crippen molar-refractivity contribution in [3.63, 3.8) is 0 Å². The molecule has 6 nitrogen and oxygen atoms in total. The number of fused-ring (bicyclic) bond motifs is 1. The van der Waals surface area contributed by atoms with Gasteiger partial charge in [-0.3, -0.25) is 0 Å². The molecule has 0 radical (unpaired) electrons. The second kappa shape index (κ2) is 7.32. The number of amides is 2. The van der Waals surface area contributed by atoms with E-state index in [1.807, 2.05) is 11.0 Å². The highest BCUT2D eigenvalue weighted by molar-refractivity contribution is 5.91. The Balaban J connectivity index is 1.88. The van der Waals surface area contributed by atoms with Gasteiger partial charge in [-0.2, -0.15) is 0 Å². The van der Waals surface area contributed by atoms with Gasteiger partial charge in [0.2, 0.25) is 0 Å². The van der Waals surface area contributed by atoms with E-state index in [1.54, 1.807) is 26.4 Å². The van der Waals surface area contributed by atoms with Crippen molar-refractivity contribution in [2.45, 2.75) is 33.4 Å². The molecule has 0 fully saturated rings. The number of benzene rings is 1. The van der Waals surface area contributed by atoms with Gasteiger partial charge >= 0.3 is 6.03 Å². The minimum absolute atomic E-state index is 0.0362. The van der Waals surface area contributed by atoms with Crippen LogP contribution in [0.3, 0.4) is 0 Å². The molecule has 1 N–H and O–H groups in total. The normalized spacial score (nSPS) is 16.4. The number of methoxy groups -OCH3 is 2. The van der Waals surface area contributed by atoms with Crippen LogP contribution >= 0.6 is 0 Å². The Bertz CT molecular complexity index is 798. The molecule has 1 atom stereocenters. The van der Waals surface area contributed by atoms with E-state index >= 15 is 0 Å². The lowest BCUT2D eigenvalue weighted by molar-refractivity contribution is 0.143. The van der Waals surface area contributed by atoms with Gasteiger partial charge in [0.05, 0.1) is 25.9 Å². The van der Waals surface area contributed by atoms with Crippen LogP contribution in [0.4, 0.5) is 10.5 Å². The number of nitrogens with zero attached hydrogens (tertiary/aromatic N) is 2. The van der Waals surface area contributed by atoms with Crippen LogP contribution in [0.2, 0.25) is 0 Å². The van der Waals surface area contributed by atoms with E-state index in [-0.39, 0.29) is 12.1 Å². The summed E-state index contributed by atoms with van der Waals surface area (Å²) in [5.74, 6) is 1.59. The topological polar surface area (TPSA) is 55.7 Å². The number of urea groups is 1. The first-order valence-corrected chi connectivity index (χ1v) is 8.92. The van der Waals surface area contributed by atoms with Crippen LogP contribution < -0.4 is 14.8 Å². The Labute approximate surface area is 154 Å². The van der Waals surface area contributed by atoms with Crippen LogP contribution in [0, 0.1) is 12.8 Å². The molecular weight excluding hydrogens is 330 g/mol. The lowest BCUT2D eigenvalue weighted by Crippen LogP contribution is -2.46. The molecule has 3 rings (SSSR count). The minimum atomic E-state index is -0.125. The standard InChI is InChI=1S/C20H27N3O3/c1-13(2)19-17-8-6-14(3)22(17)10-11-23(19)20(24)21-16-12-15(25-4)7-9-18(16)26-5/h6-9,12-13,19H,10-11H2,1-5H3,(H,21,24)/t19-/m1/s1. The van der Waals surface area contributed by atoms with Crippen molar-refractivity contribution in [2.75, 3.05) is 26.1 Å². The predicted molar refractivity (Wildman–Crippen MR) is 102 cm³/mol. The Morgan fingerprint density at radius 1 is 1.15 bits per heavy atom. The summed E-state index contributed by atoms with van der Waals surface area (Å²) >= 11 is 0. The highest BCUT2D eigenvalue weighted by Gasteiger charge is 2.34. The minimum Gasteiger partial charge on any atom is -0.497 e. The fourth-order valence-corrected chi connectivity index (χ4v) is 3.69. The van der Waals surface area contributed by atoms with Crippen molar-refractivity contribution < 1.29 is 14.3 Å². The van der Waals surface area contributed by atoms with E-state index in [2.05, 4.69) is 42.8 Å². The molecule has 1 aliphatic heterocycles. The number of ether oxygens (including phenoxy) is 2. The molecule has 1 aromatic heterocycles. The van der Waals surface area contributed by atoms with Gasteiger partial charge in [-0.05, 0) is 37.1 Å². The van der Waals surface area contributed by atoms with Crippen molar-refractivity contribution in [1.82, 2.24) is 9.47 Å². The SMILES string of the molecule is COc1ccc(OC)c(NC(=O)N2CCn3c(C)ccc3[C@H]2C(C)C)c1. The van der Waals surface area contributed by atoms with E-state index < -0.39 is 0 Å².